The minimum absolute atomic E-state index is 0.105. The van der Waals surface area contributed by atoms with Crippen molar-refractivity contribution in [3.8, 4) is 0 Å². The summed E-state index contributed by atoms with van der Waals surface area (Å²) >= 11 is 0. The van der Waals surface area contributed by atoms with Crippen LogP contribution in [0.1, 0.15) is 369 Å². The van der Waals surface area contributed by atoms with E-state index in [1.165, 1.54) is 186 Å². The van der Waals surface area contributed by atoms with Gasteiger partial charge in [-0.15, -0.1) is 0 Å². The molecule has 534 valence electrons. The molecule has 0 radical (unpaired) electrons. The molecule has 3 N–H and O–H groups in total. The van der Waals surface area contributed by atoms with Crippen LogP contribution in [-0.4, -0.2) is 96.7 Å². The lowest BCUT2D eigenvalue weighted by Gasteiger charge is -2.21. The van der Waals surface area contributed by atoms with Gasteiger partial charge in [0.25, 0.3) is 0 Å². The monoisotopic (exact) mass is 1320 g/mol. The number of aliphatic hydroxyl groups excluding tert-OH is 1. The maximum atomic E-state index is 13.0. The highest BCUT2D eigenvalue weighted by atomic mass is 31.2. The van der Waals surface area contributed by atoms with E-state index in [-0.39, 0.29) is 25.7 Å². The first-order chi connectivity index (χ1) is 43.5. The molecular formula is C71H138O17P2. The fourth-order valence-electron chi connectivity index (χ4n) is 10.8. The van der Waals surface area contributed by atoms with Crippen LogP contribution in [0.4, 0.5) is 0 Å². The van der Waals surface area contributed by atoms with E-state index >= 15 is 0 Å². The Morgan fingerprint density at radius 2 is 0.511 bits per heavy atom. The molecule has 0 rings (SSSR count). The lowest BCUT2D eigenvalue weighted by molar-refractivity contribution is -0.161. The van der Waals surface area contributed by atoms with Crippen molar-refractivity contribution in [1.29, 1.82) is 0 Å². The van der Waals surface area contributed by atoms with E-state index in [0.717, 1.165) is 102 Å². The van der Waals surface area contributed by atoms with Crippen LogP contribution >= 0.6 is 15.6 Å². The first-order valence-electron chi connectivity index (χ1n) is 37.1. The Labute approximate surface area is 549 Å². The summed E-state index contributed by atoms with van der Waals surface area (Å²) in [5.41, 5.74) is 0. The lowest BCUT2D eigenvalue weighted by atomic mass is 10.0. The van der Waals surface area contributed by atoms with Crippen LogP contribution < -0.4 is 0 Å². The highest BCUT2D eigenvalue weighted by Crippen LogP contribution is 2.45. The molecule has 0 aromatic rings. The molecule has 90 heavy (non-hydrogen) atoms. The number of esters is 4. The van der Waals surface area contributed by atoms with Gasteiger partial charge in [0.05, 0.1) is 26.4 Å². The number of hydrogen-bond donors (Lipinski definition) is 3. The SMILES string of the molecule is CCCCCCCCCCCCCCCCCCCCCCC(=O)O[C@H](COC(=O)CCCCCCCCCCCCCCCC(C)C)COP(=O)(O)OC[C@@H](O)COP(=O)(O)OC[C@@H](COC(=O)CCCCCCC)OC(=O)CCCCCCCCCCC. The third-order valence-corrected chi connectivity index (χ3v) is 18.4. The van der Waals surface area contributed by atoms with Crippen molar-refractivity contribution in [2.24, 2.45) is 5.92 Å². The number of ether oxygens (including phenoxy) is 4. The van der Waals surface area contributed by atoms with Crippen molar-refractivity contribution in [2.45, 2.75) is 387 Å². The predicted molar refractivity (Wildman–Crippen MR) is 363 cm³/mol. The predicted octanol–water partition coefficient (Wildman–Crippen LogP) is 20.5. The molecule has 0 saturated heterocycles. The molecule has 0 aliphatic rings. The molecule has 5 atom stereocenters. The van der Waals surface area contributed by atoms with Crippen LogP contribution in [0.5, 0.6) is 0 Å². The third-order valence-electron chi connectivity index (χ3n) is 16.5. The highest BCUT2D eigenvalue weighted by Gasteiger charge is 2.30. The summed E-state index contributed by atoms with van der Waals surface area (Å²) < 4.78 is 68.0. The minimum atomic E-state index is -4.95. The van der Waals surface area contributed by atoms with E-state index in [0.29, 0.717) is 25.7 Å². The van der Waals surface area contributed by atoms with E-state index in [9.17, 15) is 43.2 Å². The second-order valence-corrected chi connectivity index (χ2v) is 29.0. The Kier molecular flexibility index (Phi) is 63.0. The Morgan fingerprint density at radius 1 is 0.300 bits per heavy atom. The number of carbonyl (C=O) groups excluding carboxylic acids is 4. The summed E-state index contributed by atoms with van der Waals surface area (Å²) in [4.78, 5) is 72.2. The smallest absolute Gasteiger partial charge is 0.462 e. The number of hydrogen-bond acceptors (Lipinski definition) is 15. The molecule has 17 nitrogen and oxygen atoms in total. The van der Waals surface area contributed by atoms with Crippen molar-refractivity contribution in [3.63, 3.8) is 0 Å². The van der Waals surface area contributed by atoms with E-state index < -0.39 is 97.5 Å². The number of unbranched alkanes of at least 4 members (excludes halogenated alkanes) is 43. The van der Waals surface area contributed by atoms with Crippen molar-refractivity contribution in [3.05, 3.63) is 0 Å². The molecule has 0 bridgehead atoms. The van der Waals surface area contributed by atoms with Crippen LogP contribution in [0, 0.1) is 5.92 Å². The quantitative estimate of drug-likeness (QED) is 0.0222. The normalized spacial score (nSPS) is 14.1. The molecule has 0 spiro atoms. The maximum Gasteiger partial charge on any atom is 0.472 e. The molecule has 0 amide bonds. The first-order valence-corrected chi connectivity index (χ1v) is 40.1. The Morgan fingerprint density at radius 3 is 0.756 bits per heavy atom. The van der Waals surface area contributed by atoms with E-state index in [2.05, 4.69) is 34.6 Å². The molecule has 0 aliphatic heterocycles. The average molecular weight is 1330 g/mol. The van der Waals surface area contributed by atoms with Gasteiger partial charge in [-0.2, -0.15) is 0 Å². The Balaban J connectivity index is 5.12. The van der Waals surface area contributed by atoms with Crippen LogP contribution in [0.25, 0.3) is 0 Å². The zero-order chi connectivity index (χ0) is 66.3. The molecule has 0 aliphatic carbocycles. The summed E-state index contributed by atoms with van der Waals surface area (Å²) in [7, 11) is -9.89. The van der Waals surface area contributed by atoms with Gasteiger partial charge in [0.2, 0.25) is 0 Å². The molecule has 19 heteroatoms. The molecule has 0 aromatic carbocycles. The fourth-order valence-corrected chi connectivity index (χ4v) is 12.4. The zero-order valence-electron chi connectivity index (χ0n) is 58.3. The largest absolute Gasteiger partial charge is 0.472 e. The van der Waals surface area contributed by atoms with E-state index in [4.69, 9.17) is 37.0 Å². The summed E-state index contributed by atoms with van der Waals surface area (Å²) in [5, 5.41) is 10.5. The standard InChI is InChI=1S/C71H138O17P2/c1-6-9-12-15-17-19-20-21-22-23-24-25-26-27-30-34-38-42-47-52-57-71(76)88-67(61-82-69(74)55-50-45-40-37-33-31-28-29-32-36-39-44-48-53-64(4)5)63-86-90(79,80)84-59-65(72)58-83-89(77,78)85-62-66(60-81-68(73)54-49-43-14-11-8-3)87-70(75)56-51-46-41-35-18-16-13-10-7-2/h64-67,72H,6-63H2,1-5H3,(H,77,78)(H,79,80)/t65-,66+,67+/m0/s1. The minimum Gasteiger partial charge on any atom is -0.462 e. The van der Waals surface area contributed by atoms with Gasteiger partial charge in [0.15, 0.2) is 12.2 Å². The van der Waals surface area contributed by atoms with Crippen molar-refractivity contribution >= 4 is 39.5 Å². The van der Waals surface area contributed by atoms with Crippen molar-refractivity contribution in [2.75, 3.05) is 39.6 Å². The van der Waals surface area contributed by atoms with Gasteiger partial charge in [0, 0.05) is 25.7 Å². The van der Waals surface area contributed by atoms with Gasteiger partial charge in [-0.05, 0) is 31.6 Å². The number of rotatable bonds is 71. The van der Waals surface area contributed by atoms with Crippen LogP contribution in [-0.2, 0) is 65.4 Å². The molecule has 0 fully saturated rings. The Hall–Kier alpha value is -1.94. The molecule has 0 aromatic heterocycles. The van der Waals surface area contributed by atoms with E-state index in [1.807, 2.05) is 0 Å². The fraction of sp³-hybridized carbons (Fsp3) is 0.944. The molecule has 0 saturated carbocycles. The first kappa shape index (κ1) is 88.1. The lowest BCUT2D eigenvalue weighted by Crippen LogP contribution is -2.30. The van der Waals surface area contributed by atoms with Crippen LogP contribution in [0.2, 0.25) is 0 Å². The molecule has 0 heterocycles. The average Bonchev–Trinajstić information content (AvgIpc) is 3.66. The van der Waals surface area contributed by atoms with Crippen molar-refractivity contribution in [1.82, 2.24) is 0 Å². The zero-order valence-corrected chi connectivity index (χ0v) is 60.1. The van der Waals surface area contributed by atoms with Crippen LogP contribution in [0.3, 0.4) is 0 Å². The van der Waals surface area contributed by atoms with Gasteiger partial charge in [0.1, 0.15) is 19.3 Å². The van der Waals surface area contributed by atoms with E-state index in [1.54, 1.807) is 0 Å². The highest BCUT2D eigenvalue weighted by molar-refractivity contribution is 7.47. The topological polar surface area (TPSA) is 237 Å². The summed E-state index contributed by atoms with van der Waals surface area (Å²) in [6.45, 7) is 7.16. The second kappa shape index (κ2) is 64.4. The third kappa shape index (κ3) is 64.8. The number of carbonyl (C=O) groups is 4. The summed E-state index contributed by atoms with van der Waals surface area (Å²) in [5.74, 6) is -1.34. The molecular weight excluding hydrogens is 1190 g/mol. The Bertz CT molecular complexity index is 1740. The summed E-state index contributed by atoms with van der Waals surface area (Å²) in [6.07, 6.45) is 51.9. The maximum absolute atomic E-state index is 13.0. The van der Waals surface area contributed by atoms with Crippen molar-refractivity contribution < 1.29 is 80.2 Å². The van der Waals surface area contributed by atoms with Gasteiger partial charge in [-0.3, -0.25) is 37.3 Å². The van der Waals surface area contributed by atoms with Gasteiger partial charge in [-0.25, -0.2) is 9.13 Å². The van der Waals surface area contributed by atoms with Gasteiger partial charge >= 0.3 is 39.5 Å². The number of aliphatic hydroxyl groups is 1. The number of phosphoric ester groups is 2. The van der Waals surface area contributed by atoms with Gasteiger partial charge in [-0.1, -0.05) is 317 Å². The summed E-state index contributed by atoms with van der Waals surface area (Å²) in [6, 6.07) is 0. The van der Waals surface area contributed by atoms with Crippen LogP contribution in [0.15, 0.2) is 0 Å². The number of phosphoric acid groups is 2. The van der Waals surface area contributed by atoms with Gasteiger partial charge < -0.3 is 33.8 Å². The second-order valence-electron chi connectivity index (χ2n) is 26.1. The molecule has 2 unspecified atom stereocenters.